The lowest BCUT2D eigenvalue weighted by Gasteiger charge is -2.06. The standard InChI is InChI=1S/C17H19NO3/c1-4-21-17(20)16-14(10-13-8-6-5-7-9-13)18-11(2)15(16)12(3)19/h5-9,18H,4,10H2,1-3H3. The Morgan fingerprint density at radius 3 is 2.38 bits per heavy atom. The normalized spacial score (nSPS) is 10.4. The fourth-order valence-electron chi connectivity index (χ4n) is 2.49. The van der Waals surface area contributed by atoms with Gasteiger partial charge in [0.2, 0.25) is 0 Å². The summed E-state index contributed by atoms with van der Waals surface area (Å²) < 4.78 is 5.10. The number of hydrogen-bond donors (Lipinski definition) is 1. The van der Waals surface area contributed by atoms with Crippen LogP contribution in [0.25, 0.3) is 0 Å². The third-order valence-corrected chi connectivity index (χ3v) is 3.32. The van der Waals surface area contributed by atoms with Crippen molar-refractivity contribution in [1.29, 1.82) is 0 Å². The van der Waals surface area contributed by atoms with Crippen LogP contribution >= 0.6 is 0 Å². The van der Waals surface area contributed by atoms with Crippen molar-refractivity contribution in [3.05, 3.63) is 58.4 Å². The fraction of sp³-hybridized carbons (Fsp3) is 0.294. The number of benzene rings is 1. The van der Waals surface area contributed by atoms with Gasteiger partial charge in [0.1, 0.15) is 0 Å². The molecule has 0 aliphatic carbocycles. The van der Waals surface area contributed by atoms with Crippen molar-refractivity contribution < 1.29 is 14.3 Å². The molecule has 0 aliphatic heterocycles. The summed E-state index contributed by atoms with van der Waals surface area (Å²) in [7, 11) is 0. The Morgan fingerprint density at radius 1 is 1.14 bits per heavy atom. The van der Waals surface area contributed by atoms with Crippen LogP contribution in [0.2, 0.25) is 0 Å². The first-order valence-corrected chi connectivity index (χ1v) is 6.98. The van der Waals surface area contributed by atoms with Crippen LogP contribution in [0, 0.1) is 6.92 Å². The number of nitrogens with one attached hydrogen (secondary N) is 1. The minimum Gasteiger partial charge on any atom is -0.462 e. The Balaban J connectivity index is 2.47. The molecule has 0 radical (unpaired) electrons. The minimum atomic E-state index is -0.446. The van der Waals surface area contributed by atoms with E-state index in [0.29, 0.717) is 23.2 Å². The molecular weight excluding hydrogens is 266 g/mol. The molecule has 0 saturated heterocycles. The Hall–Kier alpha value is -2.36. The summed E-state index contributed by atoms with van der Waals surface area (Å²) in [5.41, 5.74) is 3.29. The SMILES string of the molecule is CCOC(=O)c1c(Cc2ccccc2)[nH]c(C)c1C(C)=O. The average Bonchev–Trinajstić information content (AvgIpc) is 2.76. The number of carbonyl (C=O) groups excluding carboxylic acids is 2. The van der Waals surface area contributed by atoms with Crippen LogP contribution in [0.1, 0.15) is 51.5 Å². The van der Waals surface area contributed by atoms with Gasteiger partial charge in [-0.2, -0.15) is 0 Å². The zero-order valence-corrected chi connectivity index (χ0v) is 12.5. The Kier molecular flexibility index (Phi) is 4.58. The van der Waals surface area contributed by atoms with E-state index in [2.05, 4.69) is 4.98 Å². The molecule has 0 spiro atoms. The van der Waals surface area contributed by atoms with Gasteiger partial charge in [-0.1, -0.05) is 30.3 Å². The third kappa shape index (κ3) is 3.21. The van der Waals surface area contributed by atoms with Crippen molar-refractivity contribution in [2.75, 3.05) is 6.61 Å². The quantitative estimate of drug-likeness (QED) is 0.677. The lowest BCUT2D eigenvalue weighted by molar-refractivity contribution is 0.0522. The number of carbonyl (C=O) groups is 2. The third-order valence-electron chi connectivity index (χ3n) is 3.32. The number of H-pyrrole nitrogens is 1. The highest BCUT2D eigenvalue weighted by Crippen LogP contribution is 2.23. The van der Waals surface area contributed by atoms with E-state index in [1.165, 1.54) is 6.92 Å². The lowest BCUT2D eigenvalue weighted by Crippen LogP contribution is -2.11. The van der Waals surface area contributed by atoms with E-state index in [1.807, 2.05) is 30.3 Å². The second kappa shape index (κ2) is 6.39. The maximum Gasteiger partial charge on any atom is 0.340 e. The molecule has 0 atom stereocenters. The molecule has 0 saturated carbocycles. The summed E-state index contributed by atoms with van der Waals surface area (Å²) in [6.07, 6.45) is 0.559. The zero-order chi connectivity index (χ0) is 15.4. The summed E-state index contributed by atoms with van der Waals surface area (Å²) in [4.78, 5) is 27.2. The van der Waals surface area contributed by atoms with Gasteiger partial charge in [0, 0.05) is 17.8 Å². The van der Waals surface area contributed by atoms with E-state index in [0.717, 1.165) is 11.3 Å². The maximum absolute atomic E-state index is 12.2. The predicted octanol–water partition coefficient (Wildman–Crippen LogP) is 3.29. The molecule has 0 bridgehead atoms. The molecule has 21 heavy (non-hydrogen) atoms. The van der Waals surface area contributed by atoms with E-state index in [9.17, 15) is 9.59 Å². The molecule has 1 aromatic carbocycles. The van der Waals surface area contributed by atoms with Gasteiger partial charge in [-0.05, 0) is 26.3 Å². The second-order valence-corrected chi connectivity index (χ2v) is 4.92. The van der Waals surface area contributed by atoms with Crippen LogP contribution in [-0.4, -0.2) is 23.3 Å². The second-order valence-electron chi connectivity index (χ2n) is 4.92. The van der Waals surface area contributed by atoms with Crippen LogP contribution < -0.4 is 0 Å². The first-order chi connectivity index (χ1) is 10.0. The highest BCUT2D eigenvalue weighted by molar-refractivity contribution is 6.07. The molecule has 0 amide bonds. The summed E-state index contributed by atoms with van der Waals surface area (Å²) in [6.45, 7) is 5.30. The Morgan fingerprint density at radius 2 is 1.81 bits per heavy atom. The van der Waals surface area contributed by atoms with Crippen LogP contribution in [0.5, 0.6) is 0 Å². The average molecular weight is 285 g/mol. The monoisotopic (exact) mass is 285 g/mol. The molecule has 4 nitrogen and oxygen atoms in total. The van der Waals surface area contributed by atoms with Crippen LogP contribution in [-0.2, 0) is 11.2 Å². The largest absolute Gasteiger partial charge is 0.462 e. The molecule has 4 heteroatoms. The molecule has 0 unspecified atom stereocenters. The molecule has 0 aliphatic rings. The number of esters is 1. The number of hydrogen-bond acceptors (Lipinski definition) is 3. The first kappa shape index (κ1) is 15.0. The summed E-state index contributed by atoms with van der Waals surface area (Å²) in [6, 6.07) is 9.80. The van der Waals surface area contributed by atoms with Crippen molar-refractivity contribution in [2.45, 2.75) is 27.2 Å². The predicted molar refractivity (Wildman–Crippen MR) is 80.7 cm³/mol. The number of ketones is 1. The topological polar surface area (TPSA) is 59.2 Å². The van der Waals surface area contributed by atoms with Crippen LogP contribution in [0.15, 0.2) is 30.3 Å². The van der Waals surface area contributed by atoms with Crippen molar-refractivity contribution in [3.63, 3.8) is 0 Å². The van der Waals surface area contributed by atoms with Gasteiger partial charge in [-0.15, -0.1) is 0 Å². The molecule has 1 heterocycles. The van der Waals surface area contributed by atoms with Crippen LogP contribution in [0.3, 0.4) is 0 Å². The number of Topliss-reactive ketones (excluding diaryl/α,β-unsaturated/α-hetero) is 1. The number of aromatic nitrogens is 1. The number of ether oxygens (including phenoxy) is 1. The van der Waals surface area contributed by atoms with Gasteiger partial charge in [0.25, 0.3) is 0 Å². The van der Waals surface area contributed by atoms with E-state index < -0.39 is 5.97 Å². The lowest BCUT2D eigenvalue weighted by atomic mass is 10.0. The van der Waals surface area contributed by atoms with E-state index in [1.54, 1.807) is 13.8 Å². The fourth-order valence-corrected chi connectivity index (χ4v) is 2.49. The first-order valence-electron chi connectivity index (χ1n) is 6.98. The van der Waals surface area contributed by atoms with Gasteiger partial charge in [-0.25, -0.2) is 4.79 Å². The van der Waals surface area contributed by atoms with E-state index in [4.69, 9.17) is 4.74 Å². The highest BCUT2D eigenvalue weighted by Gasteiger charge is 2.25. The van der Waals surface area contributed by atoms with Gasteiger partial charge in [0.05, 0.1) is 17.7 Å². The molecule has 110 valence electrons. The number of aryl methyl sites for hydroxylation is 1. The molecule has 2 rings (SSSR count). The molecule has 1 aromatic heterocycles. The molecule has 1 N–H and O–H groups in total. The Labute approximate surface area is 124 Å². The Bertz CT molecular complexity index is 656. The zero-order valence-electron chi connectivity index (χ0n) is 12.5. The van der Waals surface area contributed by atoms with Gasteiger partial charge in [-0.3, -0.25) is 4.79 Å². The van der Waals surface area contributed by atoms with Crippen molar-refractivity contribution in [2.24, 2.45) is 0 Å². The number of rotatable bonds is 5. The molecule has 0 fully saturated rings. The van der Waals surface area contributed by atoms with Gasteiger partial charge >= 0.3 is 5.97 Å². The summed E-state index contributed by atoms with van der Waals surface area (Å²) in [5, 5.41) is 0. The van der Waals surface area contributed by atoms with Gasteiger partial charge < -0.3 is 9.72 Å². The summed E-state index contributed by atoms with van der Waals surface area (Å²) >= 11 is 0. The van der Waals surface area contributed by atoms with Crippen molar-refractivity contribution >= 4 is 11.8 Å². The number of aromatic amines is 1. The smallest absolute Gasteiger partial charge is 0.340 e. The minimum absolute atomic E-state index is 0.133. The molecular formula is C17H19NO3. The van der Waals surface area contributed by atoms with Crippen molar-refractivity contribution in [3.8, 4) is 0 Å². The molecule has 2 aromatic rings. The summed E-state index contributed by atoms with van der Waals surface area (Å²) in [5.74, 6) is -0.580. The van der Waals surface area contributed by atoms with Gasteiger partial charge in [0.15, 0.2) is 5.78 Å². The highest BCUT2D eigenvalue weighted by atomic mass is 16.5. The van der Waals surface area contributed by atoms with Crippen molar-refractivity contribution in [1.82, 2.24) is 4.98 Å². The van der Waals surface area contributed by atoms with E-state index in [-0.39, 0.29) is 12.4 Å². The maximum atomic E-state index is 12.2. The van der Waals surface area contributed by atoms with E-state index >= 15 is 0 Å². The van der Waals surface area contributed by atoms with Crippen LogP contribution in [0.4, 0.5) is 0 Å².